The number of hydrogen-bond donors (Lipinski definition) is 0. The maximum Gasteiger partial charge on any atom is 0.246 e. The van der Waals surface area contributed by atoms with Gasteiger partial charge in [-0.1, -0.05) is 58.8 Å². The van der Waals surface area contributed by atoms with Gasteiger partial charge < -0.3 is 0 Å². The normalized spacial score (nSPS) is 16.3. The molecule has 0 N–H and O–H groups in total. The molecule has 0 bridgehead atoms. The van der Waals surface area contributed by atoms with Crippen LogP contribution in [0.1, 0.15) is 0 Å². The minimum absolute atomic E-state index is 0.0422. The first-order chi connectivity index (χ1) is 13.9. The van der Waals surface area contributed by atoms with Gasteiger partial charge in [0.15, 0.2) is 0 Å². The second kappa shape index (κ2) is 8.25. The van der Waals surface area contributed by atoms with Gasteiger partial charge in [0, 0.05) is 31.6 Å². The maximum absolute atomic E-state index is 13.0. The predicted octanol–water partition coefficient (Wildman–Crippen LogP) is 3.43. The summed E-state index contributed by atoms with van der Waals surface area (Å²) in [6.45, 7) is 2.13. The van der Waals surface area contributed by atoms with E-state index < -0.39 is 10.0 Å². The van der Waals surface area contributed by atoms with Gasteiger partial charge in [0.2, 0.25) is 10.0 Å². The third-order valence-electron chi connectivity index (χ3n) is 4.81. The molecule has 4 rings (SSSR count). The lowest BCUT2D eigenvalue weighted by molar-refractivity contribution is 0.142. The highest BCUT2D eigenvalue weighted by molar-refractivity contribution is 7.89. The Morgan fingerprint density at radius 2 is 1.62 bits per heavy atom. The Balaban J connectivity index is 1.49. The van der Waals surface area contributed by atoms with Gasteiger partial charge in [-0.25, -0.2) is 13.1 Å². The van der Waals surface area contributed by atoms with E-state index in [9.17, 15) is 8.42 Å². The van der Waals surface area contributed by atoms with Crippen molar-refractivity contribution >= 4 is 56.3 Å². The molecule has 0 unspecified atom stereocenters. The lowest BCUT2D eigenvalue weighted by Crippen LogP contribution is -2.49. The minimum Gasteiger partial charge on any atom is -0.282 e. The fourth-order valence-corrected chi connectivity index (χ4v) is 6.06. The molecule has 0 spiro atoms. The first-order valence-electron chi connectivity index (χ1n) is 8.87. The number of piperazine rings is 1. The van der Waals surface area contributed by atoms with E-state index in [-0.39, 0.29) is 14.9 Å². The van der Waals surface area contributed by atoms with Crippen LogP contribution in [0.25, 0.3) is 10.9 Å². The average Bonchev–Trinajstić information content (AvgIpc) is 2.70. The molecule has 3 aromatic rings. The molecule has 152 valence electrons. The van der Waals surface area contributed by atoms with Crippen molar-refractivity contribution in [3.63, 3.8) is 0 Å². The lowest BCUT2D eigenvalue weighted by atomic mass is 10.2. The number of hydrogen-bond acceptors (Lipinski definition) is 6. The van der Waals surface area contributed by atoms with E-state index in [0.717, 1.165) is 10.9 Å². The fraction of sp³-hybridized carbons (Fsp3) is 0.278. The van der Waals surface area contributed by atoms with Crippen molar-refractivity contribution in [3.05, 3.63) is 57.2 Å². The second-order valence-electron chi connectivity index (χ2n) is 6.63. The van der Waals surface area contributed by atoms with Gasteiger partial charge >= 0.3 is 0 Å². The van der Waals surface area contributed by atoms with Crippen LogP contribution in [0, 0.1) is 4.64 Å². The zero-order valence-corrected chi connectivity index (χ0v) is 18.3. The summed E-state index contributed by atoms with van der Waals surface area (Å²) in [6.07, 6.45) is 0. The van der Waals surface area contributed by atoms with Crippen molar-refractivity contribution in [2.75, 3.05) is 26.2 Å². The number of aromatic nitrogens is 3. The van der Waals surface area contributed by atoms with Gasteiger partial charge in [-0.05, 0) is 24.3 Å². The Kier molecular flexibility index (Phi) is 5.87. The maximum atomic E-state index is 13.0. The van der Waals surface area contributed by atoms with Crippen LogP contribution in [0.15, 0.2) is 47.4 Å². The molecule has 1 aliphatic heterocycles. The molecule has 2 aromatic carbocycles. The van der Waals surface area contributed by atoms with Crippen LogP contribution >= 0.6 is 35.4 Å². The molecule has 7 nitrogen and oxygen atoms in total. The van der Waals surface area contributed by atoms with Crippen molar-refractivity contribution in [2.45, 2.75) is 11.6 Å². The highest BCUT2D eigenvalue weighted by Crippen LogP contribution is 2.31. The Labute approximate surface area is 183 Å². The molecule has 0 radical (unpaired) electrons. The Morgan fingerprint density at radius 1 is 0.966 bits per heavy atom. The lowest BCUT2D eigenvalue weighted by Gasteiger charge is -2.34. The highest BCUT2D eigenvalue weighted by atomic mass is 35.5. The van der Waals surface area contributed by atoms with Gasteiger partial charge in [0.25, 0.3) is 0 Å². The van der Waals surface area contributed by atoms with E-state index in [1.807, 2.05) is 24.3 Å². The molecule has 11 heteroatoms. The van der Waals surface area contributed by atoms with E-state index in [1.54, 1.807) is 10.7 Å². The number of rotatable bonds is 4. The van der Waals surface area contributed by atoms with Crippen LogP contribution in [0.4, 0.5) is 0 Å². The van der Waals surface area contributed by atoms with Crippen molar-refractivity contribution in [1.29, 1.82) is 0 Å². The SMILES string of the molecule is O=S(=O)(c1c(Cl)cccc1Cl)N1CCN(Cn2nnc3ccccc3c2=S)CC1. The summed E-state index contributed by atoms with van der Waals surface area (Å²) in [5, 5.41) is 9.51. The Bertz CT molecular complexity index is 1200. The molecule has 0 atom stereocenters. The molecule has 1 saturated heterocycles. The zero-order valence-electron chi connectivity index (χ0n) is 15.2. The predicted molar refractivity (Wildman–Crippen MR) is 115 cm³/mol. The van der Waals surface area contributed by atoms with E-state index in [1.165, 1.54) is 16.4 Å². The molecule has 1 fully saturated rings. The van der Waals surface area contributed by atoms with Gasteiger partial charge in [-0.15, -0.1) is 5.10 Å². The van der Waals surface area contributed by atoms with Crippen LogP contribution < -0.4 is 0 Å². The highest BCUT2D eigenvalue weighted by Gasteiger charge is 2.32. The summed E-state index contributed by atoms with van der Waals surface area (Å²) >= 11 is 17.7. The topological polar surface area (TPSA) is 71.3 Å². The quantitative estimate of drug-likeness (QED) is 0.545. The van der Waals surface area contributed by atoms with Crippen LogP contribution in [-0.4, -0.2) is 58.8 Å². The average molecular weight is 470 g/mol. The van der Waals surface area contributed by atoms with E-state index in [2.05, 4.69) is 15.2 Å². The van der Waals surface area contributed by atoms with E-state index >= 15 is 0 Å². The molecular weight excluding hydrogens is 453 g/mol. The van der Waals surface area contributed by atoms with Crippen LogP contribution in [-0.2, 0) is 16.7 Å². The molecule has 2 heterocycles. The molecule has 1 aliphatic rings. The fourth-order valence-electron chi connectivity index (χ4n) is 3.27. The molecule has 1 aromatic heterocycles. The molecule has 0 amide bonds. The summed E-state index contributed by atoms with van der Waals surface area (Å²) in [6, 6.07) is 12.3. The third kappa shape index (κ3) is 4.03. The first-order valence-corrected chi connectivity index (χ1v) is 11.5. The molecule has 29 heavy (non-hydrogen) atoms. The number of sulfonamides is 1. The minimum atomic E-state index is -3.77. The number of benzene rings is 2. The van der Waals surface area contributed by atoms with Gasteiger partial charge in [0.05, 0.1) is 22.2 Å². The summed E-state index contributed by atoms with van der Waals surface area (Å²) in [7, 11) is -3.77. The summed E-state index contributed by atoms with van der Waals surface area (Å²) in [5.74, 6) is 0. The summed E-state index contributed by atoms with van der Waals surface area (Å²) in [5.41, 5.74) is 0.751. The second-order valence-corrected chi connectivity index (χ2v) is 9.70. The van der Waals surface area contributed by atoms with Crippen LogP contribution in [0.3, 0.4) is 0 Å². The van der Waals surface area contributed by atoms with Crippen molar-refractivity contribution in [3.8, 4) is 0 Å². The largest absolute Gasteiger partial charge is 0.282 e. The Hall–Kier alpha value is -1.62. The van der Waals surface area contributed by atoms with Gasteiger partial charge in [-0.3, -0.25) is 4.90 Å². The number of halogens is 2. The van der Waals surface area contributed by atoms with Crippen LogP contribution in [0.2, 0.25) is 10.0 Å². The zero-order chi connectivity index (χ0) is 20.6. The van der Waals surface area contributed by atoms with Gasteiger partial charge in [0.1, 0.15) is 9.54 Å². The third-order valence-corrected chi connectivity index (χ3v) is 8.10. The monoisotopic (exact) mass is 469 g/mol. The van der Waals surface area contributed by atoms with Gasteiger partial charge in [-0.2, -0.15) is 4.31 Å². The first kappa shape index (κ1) is 20.6. The van der Waals surface area contributed by atoms with Crippen molar-refractivity contribution in [1.82, 2.24) is 24.2 Å². The Morgan fingerprint density at radius 3 is 2.31 bits per heavy atom. The standard InChI is InChI=1S/C18H17Cl2N5O2S2/c19-14-5-3-6-15(20)17(14)29(26,27)24-10-8-23(9-11-24)12-25-18(28)13-4-1-2-7-16(13)21-22-25/h1-7H,8-12H2. The van der Waals surface area contributed by atoms with Crippen LogP contribution in [0.5, 0.6) is 0 Å². The molecule has 0 saturated carbocycles. The molecule has 0 aliphatic carbocycles. The number of fused-ring (bicyclic) bond motifs is 1. The smallest absolute Gasteiger partial charge is 0.246 e. The summed E-state index contributed by atoms with van der Waals surface area (Å²) in [4.78, 5) is 2.04. The van der Waals surface area contributed by atoms with Crippen molar-refractivity contribution < 1.29 is 8.42 Å². The van der Waals surface area contributed by atoms with E-state index in [0.29, 0.717) is 37.5 Å². The van der Waals surface area contributed by atoms with Crippen molar-refractivity contribution in [2.24, 2.45) is 0 Å². The molecular formula is C18H17Cl2N5O2S2. The number of nitrogens with zero attached hydrogens (tertiary/aromatic N) is 5. The summed E-state index contributed by atoms with van der Waals surface area (Å²) < 4.78 is 29.6. The van der Waals surface area contributed by atoms with E-state index in [4.69, 9.17) is 35.4 Å².